The summed E-state index contributed by atoms with van der Waals surface area (Å²) >= 11 is 0. The molecule has 0 atom stereocenters. The first-order chi connectivity index (χ1) is 25.9. The second-order valence-electron chi connectivity index (χ2n) is 17.2. The maximum absolute atomic E-state index is 2.45. The van der Waals surface area contributed by atoms with Gasteiger partial charge in [0, 0.05) is 17.1 Å². The molecule has 1 nitrogen and oxygen atoms in total. The molecule has 8 aromatic rings. The van der Waals surface area contributed by atoms with Crippen LogP contribution >= 0.6 is 0 Å². The van der Waals surface area contributed by atoms with Crippen LogP contribution in [0.15, 0.2) is 158 Å². The van der Waals surface area contributed by atoms with Crippen molar-refractivity contribution in [3.05, 3.63) is 174 Å². The minimum Gasteiger partial charge on any atom is -0.310 e. The number of hydrogen-bond acceptors (Lipinski definition) is 1. The number of fused-ring (bicyclic) bond motifs is 6. The van der Waals surface area contributed by atoms with Crippen LogP contribution < -0.4 is 4.90 Å². The van der Waals surface area contributed by atoms with Crippen molar-refractivity contribution in [1.29, 1.82) is 0 Å². The Kier molecular flexibility index (Phi) is 7.91. The van der Waals surface area contributed by atoms with Crippen LogP contribution in [0.5, 0.6) is 0 Å². The molecule has 0 radical (unpaired) electrons. The van der Waals surface area contributed by atoms with Gasteiger partial charge in [-0.15, -0.1) is 0 Å². The maximum Gasteiger partial charge on any atom is 0.0493 e. The Morgan fingerprint density at radius 1 is 0.352 bits per heavy atom. The van der Waals surface area contributed by atoms with Gasteiger partial charge in [-0.25, -0.2) is 0 Å². The summed E-state index contributed by atoms with van der Waals surface area (Å²) in [6.45, 7) is 15.9. The molecule has 1 aliphatic carbocycles. The van der Waals surface area contributed by atoms with Gasteiger partial charge in [0.25, 0.3) is 0 Å². The third-order valence-electron chi connectivity index (χ3n) is 11.4. The Morgan fingerprint density at radius 3 is 1.50 bits per heavy atom. The molecule has 1 aliphatic rings. The van der Waals surface area contributed by atoms with Gasteiger partial charge in [-0.2, -0.15) is 0 Å². The molecule has 0 fully saturated rings. The standard InChI is InChI=1S/C53H47N/c1-34-16-22-44(53(5,6)7)33-51(34)54(45-15-11-14-37(27-45)35-12-9-8-10-13-35)46-25-21-40-30-48-49-31-41-26-38(36-19-23-43(24-20-36)52(2,3)4)17-18-39(41)29-47(49)50(48)32-42(40)28-46/h8-33H,1-7H3. The van der Waals surface area contributed by atoms with E-state index in [0.717, 1.165) is 11.4 Å². The van der Waals surface area contributed by atoms with E-state index in [1.165, 1.54) is 88.4 Å². The Balaban J connectivity index is 1.12. The molecule has 0 aliphatic heterocycles. The summed E-state index contributed by atoms with van der Waals surface area (Å²) in [6, 6.07) is 59.1. The van der Waals surface area contributed by atoms with Crippen LogP contribution in [0.3, 0.4) is 0 Å². The van der Waals surface area contributed by atoms with Crippen LogP contribution in [0.2, 0.25) is 0 Å². The van der Waals surface area contributed by atoms with Crippen LogP contribution in [0.25, 0.3) is 66.1 Å². The Hall–Kier alpha value is -5.92. The Morgan fingerprint density at radius 2 is 0.852 bits per heavy atom. The van der Waals surface area contributed by atoms with E-state index in [1.54, 1.807) is 0 Å². The molecule has 264 valence electrons. The molecule has 0 bridgehead atoms. The minimum atomic E-state index is 0.0303. The number of aryl methyl sites for hydroxylation is 1. The van der Waals surface area contributed by atoms with E-state index in [2.05, 4.69) is 211 Å². The number of hydrogen-bond donors (Lipinski definition) is 0. The highest BCUT2D eigenvalue weighted by molar-refractivity contribution is 6.12. The van der Waals surface area contributed by atoms with Crippen molar-refractivity contribution in [2.24, 2.45) is 0 Å². The zero-order chi connectivity index (χ0) is 37.4. The lowest BCUT2D eigenvalue weighted by molar-refractivity contribution is 0.590. The lowest BCUT2D eigenvalue weighted by atomic mass is 9.77. The van der Waals surface area contributed by atoms with E-state index in [4.69, 9.17) is 0 Å². The van der Waals surface area contributed by atoms with E-state index in [0.29, 0.717) is 0 Å². The molecule has 8 aromatic carbocycles. The molecule has 0 aromatic heterocycles. The molecule has 0 spiro atoms. The van der Waals surface area contributed by atoms with Crippen LogP contribution in [-0.2, 0) is 10.8 Å². The molecule has 0 unspecified atom stereocenters. The van der Waals surface area contributed by atoms with Gasteiger partial charge in [-0.05, 0) is 161 Å². The van der Waals surface area contributed by atoms with Crippen molar-refractivity contribution in [2.75, 3.05) is 4.90 Å². The first-order valence-electron chi connectivity index (χ1n) is 19.2. The minimum absolute atomic E-state index is 0.0303. The first-order valence-corrected chi connectivity index (χ1v) is 19.2. The fraction of sp³-hybridized carbons (Fsp3) is 0.170. The highest BCUT2D eigenvalue weighted by Crippen LogP contribution is 2.51. The van der Waals surface area contributed by atoms with Crippen molar-refractivity contribution in [3.8, 4) is 44.5 Å². The highest BCUT2D eigenvalue weighted by atomic mass is 15.1. The summed E-state index contributed by atoms with van der Waals surface area (Å²) in [7, 11) is 0. The van der Waals surface area contributed by atoms with Crippen LogP contribution in [-0.4, -0.2) is 0 Å². The molecule has 0 saturated heterocycles. The molecule has 1 heteroatoms. The molecule has 0 amide bonds. The SMILES string of the molecule is Cc1ccc(C(C)(C)C)cc1N(c1cccc(-c2ccccc2)c1)c1ccc2cc3c(cc2c1)-c1cc2ccc(-c4ccc(C(C)(C)C)cc4)cc2cc1-3. The van der Waals surface area contributed by atoms with Crippen LogP contribution in [0.1, 0.15) is 58.2 Å². The van der Waals surface area contributed by atoms with E-state index < -0.39 is 0 Å². The summed E-state index contributed by atoms with van der Waals surface area (Å²) in [5.41, 5.74) is 17.9. The van der Waals surface area contributed by atoms with Crippen molar-refractivity contribution < 1.29 is 0 Å². The molecule has 54 heavy (non-hydrogen) atoms. The molecule has 9 rings (SSSR count). The lowest BCUT2D eigenvalue weighted by Gasteiger charge is -2.30. The summed E-state index contributed by atoms with van der Waals surface area (Å²) in [5, 5.41) is 5.07. The predicted octanol–water partition coefficient (Wildman–Crippen LogP) is 15.3. The summed E-state index contributed by atoms with van der Waals surface area (Å²) in [5.74, 6) is 0. The Labute approximate surface area is 320 Å². The van der Waals surface area contributed by atoms with E-state index in [1.807, 2.05) is 0 Å². The number of anilines is 3. The predicted molar refractivity (Wildman–Crippen MR) is 234 cm³/mol. The van der Waals surface area contributed by atoms with Gasteiger partial charge in [0.1, 0.15) is 0 Å². The van der Waals surface area contributed by atoms with Crippen LogP contribution in [0.4, 0.5) is 17.1 Å². The van der Waals surface area contributed by atoms with E-state index in [9.17, 15) is 0 Å². The number of nitrogens with zero attached hydrogens (tertiary/aromatic N) is 1. The van der Waals surface area contributed by atoms with Crippen molar-refractivity contribution in [3.63, 3.8) is 0 Å². The fourth-order valence-corrected chi connectivity index (χ4v) is 8.09. The average Bonchev–Trinajstić information content (AvgIpc) is 3.17. The average molecular weight is 698 g/mol. The second-order valence-corrected chi connectivity index (χ2v) is 17.2. The van der Waals surface area contributed by atoms with Gasteiger partial charge in [0.15, 0.2) is 0 Å². The Bertz CT molecular complexity index is 2720. The monoisotopic (exact) mass is 697 g/mol. The van der Waals surface area contributed by atoms with Crippen molar-refractivity contribution in [1.82, 2.24) is 0 Å². The van der Waals surface area contributed by atoms with Gasteiger partial charge in [0.05, 0.1) is 0 Å². The highest BCUT2D eigenvalue weighted by Gasteiger charge is 2.25. The molecular formula is C53H47N. The largest absolute Gasteiger partial charge is 0.310 e. The van der Waals surface area contributed by atoms with Gasteiger partial charge >= 0.3 is 0 Å². The lowest BCUT2D eigenvalue weighted by Crippen LogP contribution is -2.15. The van der Waals surface area contributed by atoms with Gasteiger partial charge < -0.3 is 4.90 Å². The van der Waals surface area contributed by atoms with E-state index >= 15 is 0 Å². The first kappa shape index (κ1) is 33.9. The summed E-state index contributed by atoms with van der Waals surface area (Å²) < 4.78 is 0. The second kappa shape index (κ2) is 12.6. The van der Waals surface area contributed by atoms with Gasteiger partial charge in [0.2, 0.25) is 0 Å². The molecular weight excluding hydrogens is 651 g/mol. The van der Waals surface area contributed by atoms with Gasteiger partial charge in [-0.1, -0.05) is 139 Å². The zero-order valence-electron chi connectivity index (χ0n) is 32.5. The molecule has 0 N–H and O–H groups in total. The third-order valence-corrected chi connectivity index (χ3v) is 11.4. The molecule has 0 heterocycles. The van der Waals surface area contributed by atoms with Gasteiger partial charge in [-0.3, -0.25) is 0 Å². The normalized spacial score (nSPS) is 12.4. The third kappa shape index (κ3) is 5.99. The van der Waals surface area contributed by atoms with Crippen LogP contribution in [0, 0.1) is 6.92 Å². The summed E-state index contributed by atoms with van der Waals surface area (Å²) in [6.07, 6.45) is 0. The summed E-state index contributed by atoms with van der Waals surface area (Å²) in [4.78, 5) is 2.45. The molecule has 0 saturated carbocycles. The fourth-order valence-electron chi connectivity index (χ4n) is 8.09. The quantitative estimate of drug-likeness (QED) is 0.173. The smallest absolute Gasteiger partial charge is 0.0493 e. The zero-order valence-corrected chi connectivity index (χ0v) is 32.5. The number of rotatable bonds is 5. The topological polar surface area (TPSA) is 3.24 Å². The van der Waals surface area contributed by atoms with Crippen molar-refractivity contribution >= 4 is 38.6 Å². The number of benzene rings is 8. The van der Waals surface area contributed by atoms with E-state index in [-0.39, 0.29) is 10.8 Å². The van der Waals surface area contributed by atoms with Crippen molar-refractivity contribution in [2.45, 2.75) is 59.3 Å². The maximum atomic E-state index is 2.45.